The van der Waals surface area contributed by atoms with Crippen molar-refractivity contribution in [3.05, 3.63) is 59.0 Å². The van der Waals surface area contributed by atoms with Crippen LogP contribution in [0.15, 0.2) is 36.7 Å². The zero-order valence-electron chi connectivity index (χ0n) is 16.0. The molecule has 1 aliphatic heterocycles. The Bertz CT molecular complexity index is 1000. The summed E-state index contributed by atoms with van der Waals surface area (Å²) in [5.74, 6) is 1.41. The summed E-state index contributed by atoms with van der Waals surface area (Å²) in [6, 6.07) is 8.30. The van der Waals surface area contributed by atoms with Crippen molar-refractivity contribution in [2.45, 2.75) is 46.1 Å². The zero-order valence-corrected chi connectivity index (χ0v) is 16.0. The molecule has 0 aliphatic carbocycles. The number of amides is 1. The highest BCUT2D eigenvalue weighted by Crippen LogP contribution is 2.39. The van der Waals surface area contributed by atoms with E-state index in [0.717, 1.165) is 28.2 Å². The van der Waals surface area contributed by atoms with Crippen molar-refractivity contribution in [3.63, 3.8) is 0 Å². The molecule has 0 radical (unpaired) electrons. The molecule has 0 saturated heterocycles. The first kappa shape index (κ1) is 17.4. The summed E-state index contributed by atoms with van der Waals surface area (Å²) in [6.07, 6.45) is 4.05. The van der Waals surface area contributed by atoms with Gasteiger partial charge in [0.2, 0.25) is 5.91 Å². The van der Waals surface area contributed by atoms with Crippen molar-refractivity contribution in [2.75, 3.05) is 5.32 Å². The molecule has 0 bridgehead atoms. The fourth-order valence-corrected chi connectivity index (χ4v) is 3.68. The molecule has 3 aromatic rings. The van der Waals surface area contributed by atoms with E-state index in [4.69, 9.17) is 0 Å². The van der Waals surface area contributed by atoms with E-state index >= 15 is 0 Å². The van der Waals surface area contributed by atoms with Crippen LogP contribution in [0.2, 0.25) is 0 Å². The summed E-state index contributed by atoms with van der Waals surface area (Å²) < 4.78 is 1.89. The van der Waals surface area contributed by atoms with Crippen LogP contribution >= 0.6 is 0 Å². The van der Waals surface area contributed by atoms with Gasteiger partial charge in [0, 0.05) is 41.9 Å². The van der Waals surface area contributed by atoms with Crippen LogP contribution in [0.3, 0.4) is 0 Å². The molecule has 0 saturated carbocycles. The number of nitrogens with one attached hydrogen (secondary N) is 1. The molecule has 2 aromatic heterocycles. The van der Waals surface area contributed by atoms with Gasteiger partial charge in [0.05, 0.1) is 5.69 Å². The van der Waals surface area contributed by atoms with Crippen molar-refractivity contribution in [1.29, 1.82) is 0 Å². The van der Waals surface area contributed by atoms with E-state index in [1.165, 1.54) is 5.56 Å². The lowest BCUT2D eigenvalue weighted by atomic mass is 9.87. The maximum Gasteiger partial charge on any atom is 0.226 e. The van der Waals surface area contributed by atoms with E-state index in [1.54, 1.807) is 0 Å². The third kappa shape index (κ3) is 3.12. The van der Waals surface area contributed by atoms with Crippen molar-refractivity contribution in [1.82, 2.24) is 19.7 Å². The Kier molecular flexibility index (Phi) is 4.26. The van der Waals surface area contributed by atoms with Crippen LogP contribution < -0.4 is 5.32 Å². The summed E-state index contributed by atoms with van der Waals surface area (Å²) in [4.78, 5) is 21.5. The van der Waals surface area contributed by atoms with Gasteiger partial charge in [-0.2, -0.15) is 5.10 Å². The quantitative estimate of drug-likeness (QED) is 0.765. The van der Waals surface area contributed by atoms with E-state index in [0.29, 0.717) is 12.2 Å². The van der Waals surface area contributed by atoms with Gasteiger partial charge in [-0.1, -0.05) is 23.8 Å². The average Bonchev–Trinajstić information content (AvgIpc) is 2.98. The highest BCUT2D eigenvalue weighted by atomic mass is 16.1. The summed E-state index contributed by atoms with van der Waals surface area (Å²) in [5.41, 5.74) is 5.11. The molecule has 3 heterocycles. The van der Waals surface area contributed by atoms with Gasteiger partial charge in [0.15, 0.2) is 5.82 Å². The van der Waals surface area contributed by atoms with E-state index in [-0.39, 0.29) is 17.9 Å². The molecule has 4 rings (SSSR count). The lowest BCUT2D eigenvalue weighted by Crippen LogP contribution is -2.25. The fraction of sp³-hybridized carbons (Fsp3) is 0.333. The predicted octanol–water partition coefficient (Wildman–Crippen LogP) is 4.01. The lowest BCUT2D eigenvalue weighted by Gasteiger charge is -2.24. The molecule has 6 heteroatoms. The number of hydrogen-bond acceptors (Lipinski definition) is 4. The molecule has 0 spiro atoms. The highest BCUT2D eigenvalue weighted by Gasteiger charge is 2.33. The Balaban J connectivity index is 1.73. The van der Waals surface area contributed by atoms with Gasteiger partial charge < -0.3 is 5.32 Å². The average molecular weight is 361 g/mol. The monoisotopic (exact) mass is 361 g/mol. The Labute approximate surface area is 158 Å². The second kappa shape index (κ2) is 6.61. The van der Waals surface area contributed by atoms with Gasteiger partial charge in [-0.05, 0) is 39.3 Å². The molecule has 0 unspecified atom stereocenters. The Morgan fingerprint density at radius 3 is 2.59 bits per heavy atom. The molecule has 138 valence electrons. The second-order valence-corrected chi connectivity index (χ2v) is 7.40. The molecule has 1 atom stereocenters. The van der Waals surface area contributed by atoms with Gasteiger partial charge in [-0.15, -0.1) is 0 Å². The number of aromatic nitrogens is 4. The summed E-state index contributed by atoms with van der Waals surface area (Å²) in [7, 11) is 0. The number of carbonyl (C=O) groups excluding carboxylic acids is 1. The first-order valence-corrected chi connectivity index (χ1v) is 9.22. The number of hydrogen-bond donors (Lipinski definition) is 1. The fourth-order valence-electron chi connectivity index (χ4n) is 3.68. The minimum Gasteiger partial charge on any atom is -0.311 e. The van der Waals surface area contributed by atoms with Crippen LogP contribution in [0.25, 0.3) is 11.4 Å². The number of anilines is 1. The molecule has 1 amide bonds. The van der Waals surface area contributed by atoms with Gasteiger partial charge in [-0.3, -0.25) is 4.79 Å². The van der Waals surface area contributed by atoms with E-state index < -0.39 is 0 Å². The molecule has 27 heavy (non-hydrogen) atoms. The van der Waals surface area contributed by atoms with Gasteiger partial charge in [0.1, 0.15) is 5.82 Å². The smallest absolute Gasteiger partial charge is 0.226 e. The molecular weight excluding hydrogens is 338 g/mol. The Morgan fingerprint density at radius 2 is 1.93 bits per heavy atom. The van der Waals surface area contributed by atoms with Crippen molar-refractivity contribution in [3.8, 4) is 11.4 Å². The Morgan fingerprint density at radius 1 is 1.19 bits per heavy atom. The highest BCUT2D eigenvalue weighted by molar-refractivity contribution is 5.94. The molecule has 1 N–H and O–H groups in total. The van der Waals surface area contributed by atoms with Crippen LogP contribution in [0.1, 0.15) is 54.6 Å². The normalized spacial score (nSPS) is 16.3. The number of fused-ring (bicyclic) bond motifs is 1. The van der Waals surface area contributed by atoms with E-state index in [2.05, 4.69) is 53.3 Å². The first-order valence-electron chi connectivity index (χ1n) is 9.22. The number of rotatable bonds is 3. The SMILES string of the molecule is Cc1cccc(-c2ncc([C@@H]3CC(=O)Nc4c3c(C)nn4C(C)C)cn2)c1. The van der Waals surface area contributed by atoms with Crippen molar-refractivity contribution < 1.29 is 4.79 Å². The maximum atomic E-state index is 12.3. The van der Waals surface area contributed by atoms with Gasteiger partial charge >= 0.3 is 0 Å². The largest absolute Gasteiger partial charge is 0.311 e. The third-order valence-electron chi connectivity index (χ3n) is 4.97. The van der Waals surface area contributed by atoms with Gasteiger partial charge in [0.25, 0.3) is 0 Å². The van der Waals surface area contributed by atoms with E-state index in [1.807, 2.05) is 36.1 Å². The summed E-state index contributed by atoms with van der Waals surface area (Å²) >= 11 is 0. The van der Waals surface area contributed by atoms with Gasteiger partial charge in [-0.25, -0.2) is 14.6 Å². The predicted molar refractivity (Wildman–Crippen MR) is 105 cm³/mol. The number of nitrogens with zero attached hydrogens (tertiary/aromatic N) is 4. The topological polar surface area (TPSA) is 72.7 Å². The first-order chi connectivity index (χ1) is 12.9. The van der Waals surface area contributed by atoms with Crippen molar-refractivity contribution in [2.24, 2.45) is 0 Å². The molecule has 0 fully saturated rings. The lowest BCUT2D eigenvalue weighted by molar-refractivity contribution is -0.116. The molecule has 1 aromatic carbocycles. The summed E-state index contributed by atoms with van der Waals surface area (Å²) in [5, 5.41) is 7.63. The van der Waals surface area contributed by atoms with Crippen LogP contribution in [0.4, 0.5) is 5.82 Å². The molecular formula is C21H23N5O. The Hall–Kier alpha value is -3.02. The minimum atomic E-state index is -0.0761. The maximum absolute atomic E-state index is 12.3. The van der Waals surface area contributed by atoms with Crippen molar-refractivity contribution >= 4 is 11.7 Å². The number of aryl methyl sites for hydroxylation is 2. The zero-order chi connectivity index (χ0) is 19.1. The second-order valence-electron chi connectivity index (χ2n) is 7.40. The minimum absolute atomic E-state index is 0.00272. The summed E-state index contributed by atoms with van der Waals surface area (Å²) in [6.45, 7) is 8.16. The van der Waals surface area contributed by atoms with Crippen LogP contribution in [-0.2, 0) is 4.79 Å². The van der Waals surface area contributed by atoms with Crippen LogP contribution in [0.5, 0.6) is 0 Å². The number of benzene rings is 1. The third-order valence-corrected chi connectivity index (χ3v) is 4.97. The standard InChI is InChI=1S/C21H23N5O/c1-12(2)26-21-19(14(4)25-26)17(9-18(27)24-21)16-10-22-20(23-11-16)15-7-5-6-13(3)8-15/h5-8,10-12,17H,9H2,1-4H3,(H,24,27)/t17-/m0/s1. The number of carbonyl (C=O) groups is 1. The van der Waals surface area contributed by atoms with Crippen LogP contribution in [0, 0.1) is 13.8 Å². The molecule has 1 aliphatic rings. The van der Waals surface area contributed by atoms with Crippen LogP contribution in [-0.4, -0.2) is 25.7 Å². The molecule has 6 nitrogen and oxygen atoms in total. The van der Waals surface area contributed by atoms with E-state index in [9.17, 15) is 4.79 Å².